The van der Waals surface area contributed by atoms with Crippen LogP contribution in [0.5, 0.6) is 5.75 Å². The van der Waals surface area contributed by atoms with Crippen LogP contribution in [0.15, 0.2) is 18.2 Å². The van der Waals surface area contributed by atoms with Crippen molar-refractivity contribution in [3.8, 4) is 5.75 Å². The molecule has 0 spiro atoms. The topological polar surface area (TPSA) is 21.3 Å². The van der Waals surface area contributed by atoms with Crippen molar-refractivity contribution in [1.29, 1.82) is 0 Å². The van der Waals surface area contributed by atoms with Gasteiger partial charge in [0.15, 0.2) is 11.6 Å². The number of alkyl halides is 3. The van der Waals surface area contributed by atoms with E-state index in [0.29, 0.717) is 0 Å². The highest BCUT2D eigenvalue weighted by molar-refractivity contribution is 5.34. The van der Waals surface area contributed by atoms with Gasteiger partial charge in [-0.1, -0.05) is 6.07 Å². The van der Waals surface area contributed by atoms with Gasteiger partial charge < -0.3 is 10.1 Å². The van der Waals surface area contributed by atoms with Gasteiger partial charge in [-0.2, -0.15) is 13.2 Å². The van der Waals surface area contributed by atoms with E-state index in [2.05, 4.69) is 10.1 Å². The molecule has 1 aromatic carbocycles. The first-order valence-corrected chi connectivity index (χ1v) is 4.86. The summed E-state index contributed by atoms with van der Waals surface area (Å²) < 4.78 is 56.7. The van der Waals surface area contributed by atoms with Gasteiger partial charge in [-0.15, -0.1) is 0 Å². The molecule has 0 saturated carbocycles. The van der Waals surface area contributed by atoms with E-state index in [-0.39, 0.29) is 11.3 Å². The van der Waals surface area contributed by atoms with Crippen LogP contribution >= 0.6 is 0 Å². The Labute approximate surface area is 96.6 Å². The molecule has 6 heteroatoms. The van der Waals surface area contributed by atoms with Gasteiger partial charge in [-0.3, -0.25) is 0 Å². The first-order valence-electron chi connectivity index (χ1n) is 4.86. The molecule has 2 nitrogen and oxygen atoms in total. The van der Waals surface area contributed by atoms with Crippen LogP contribution in [0.4, 0.5) is 17.6 Å². The van der Waals surface area contributed by atoms with Crippen molar-refractivity contribution in [2.75, 3.05) is 14.2 Å². The van der Waals surface area contributed by atoms with E-state index in [1.807, 2.05) is 0 Å². The van der Waals surface area contributed by atoms with E-state index in [9.17, 15) is 17.6 Å². The lowest BCUT2D eigenvalue weighted by molar-refractivity contribution is -0.193. The molecule has 0 saturated heterocycles. The van der Waals surface area contributed by atoms with E-state index in [1.54, 1.807) is 0 Å². The summed E-state index contributed by atoms with van der Waals surface area (Å²) in [6.07, 6.45) is -4.53. The molecule has 0 aliphatic carbocycles. The van der Waals surface area contributed by atoms with E-state index in [4.69, 9.17) is 0 Å². The minimum absolute atomic E-state index is 0.0885. The number of nitrogens with one attached hydrogen (secondary N) is 1. The highest BCUT2D eigenvalue weighted by Crippen LogP contribution is 2.39. The number of halogens is 4. The molecule has 0 radical (unpaired) electrons. The van der Waals surface area contributed by atoms with Gasteiger partial charge in [0, 0.05) is 0 Å². The molecule has 1 atom stereocenters. The fourth-order valence-corrected chi connectivity index (χ4v) is 1.43. The van der Waals surface area contributed by atoms with Gasteiger partial charge in [0.1, 0.15) is 5.54 Å². The lowest BCUT2D eigenvalue weighted by atomic mass is 9.91. The summed E-state index contributed by atoms with van der Waals surface area (Å²) in [6, 6.07) is 3.18. The Morgan fingerprint density at radius 3 is 2.18 bits per heavy atom. The molecule has 1 unspecified atom stereocenters. The number of hydrogen-bond donors (Lipinski definition) is 1. The van der Waals surface area contributed by atoms with Crippen molar-refractivity contribution in [3.05, 3.63) is 29.6 Å². The van der Waals surface area contributed by atoms with Crippen LogP contribution in [-0.4, -0.2) is 20.3 Å². The predicted octanol–water partition coefficient (Wildman–Crippen LogP) is 2.83. The Kier molecular flexibility index (Phi) is 3.66. The maximum Gasteiger partial charge on any atom is 0.410 e. The minimum Gasteiger partial charge on any atom is -0.494 e. The highest BCUT2D eigenvalue weighted by Gasteiger charge is 2.51. The molecule has 96 valence electrons. The summed E-state index contributed by atoms with van der Waals surface area (Å²) >= 11 is 0. The largest absolute Gasteiger partial charge is 0.494 e. The van der Waals surface area contributed by atoms with Gasteiger partial charge in [0.2, 0.25) is 0 Å². The van der Waals surface area contributed by atoms with E-state index in [1.165, 1.54) is 26.3 Å². The number of ether oxygens (including phenoxy) is 1. The summed E-state index contributed by atoms with van der Waals surface area (Å²) in [5, 5.41) is 2.17. The Morgan fingerprint density at radius 1 is 1.24 bits per heavy atom. The van der Waals surface area contributed by atoms with Crippen LogP contribution in [0, 0.1) is 5.82 Å². The standard InChI is InChI=1S/C11H13F4NO/c1-10(16-2,11(13,14)15)7-4-5-9(17-3)8(12)6-7/h4-6,16H,1-3H3. The first kappa shape index (κ1) is 13.8. The molecule has 0 aliphatic heterocycles. The zero-order valence-electron chi connectivity index (χ0n) is 9.65. The average Bonchev–Trinajstić information content (AvgIpc) is 2.26. The predicted molar refractivity (Wildman–Crippen MR) is 55.4 cm³/mol. The van der Waals surface area contributed by atoms with Gasteiger partial charge in [-0.05, 0) is 31.7 Å². The summed E-state index contributed by atoms with van der Waals surface area (Å²) in [5.74, 6) is -0.912. The monoisotopic (exact) mass is 251 g/mol. The van der Waals surface area contributed by atoms with Gasteiger partial charge in [0.25, 0.3) is 0 Å². The van der Waals surface area contributed by atoms with Crippen LogP contribution in [0.3, 0.4) is 0 Å². The van der Waals surface area contributed by atoms with Crippen molar-refractivity contribution >= 4 is 0 Å². The zero-order valence-corrected chi connectivity index (χ0v) is 9.65. The Bertz CT molecular complexity index is 405. The quantitative estimate of drug-likeness (QED) is 0.834. The zero-order chi connectivity index (χ0) is 13.3. The van der Waals surface area contributed by atoms with Crippen LogP contribution in [-0.2, 0) is 5.54 Å². The molecule has 17 heavy (non-hydrogen) atoms. The third-order valence-corrected chi connectivity index (χ3v) is 2.80. The minimum atomic E-state index is -4.53. The third kappa shape index (κ3) is 2.36. The molecular formula is C11H13F4NO. The number of methoxy groups -OCH3 is 1. The third-order valence-electron chi connectivity index (χ3n) is 2.80. The molecule has 0 aromatic heterocycles. The summed E-state index contributed by atoms with van der Waals surface area (Å²) in [4.78, 5) is 0. The highest BCUT2D eigenvalue weighted by atomic mass is 19.4. The smallest absolute Gasteiger partial charge is 0.410 e. The van der Waals surface area contributed by atoms with Gasteiger partial charge in [0.05, 0.1) is 7.11 Å². The average molecular weight is 251 g/mol. The van der Waals surface area contributed by atoms with Crippen LogP contribution in [0.1, 0.15) is 12.5 Å². The van der Waals surface area contributed by atoms with Crippen molar-refractivity contribution in [2.45, 2.75) is 18.6 Å². The van der Waals surface area contributed by atoms with E-state index < -0.39 is 17.5 Å². The molecular weight excluding hydrogens is 238 g/mol. The molecule has 0 aliphatic rings. The van der Waals surface area contributed by atoms with E-state index >= 15 is 0 Å². The van der Waals surface area contributed by atoms with Crippen molar-refractivity contribution in [1.82, 2.24) is 5.32 Å². The molecule has 1 rings (SSSR count). The Balaban J connectivity index is 3.27. The van der Waals surface area contributed by atoms with Crippen LogP contribution in [0.2, 0.25) is 0 Å². The van der Waals surface area contributed by atoms with Crippen molar-refractivity contribution in [2.24, 2.45) is 0 Å². The fraction of sp³-hybridized carbons (Fsp3) is 0.455. The molecule has 1 aromatic rings. The molecule has 0 fully saturated rings. The van der Waals surface area contributed by atoms with E-state index in [0.717, 1.165) is 13.0 Å². The number of hydrogen-bond acceptors (Lipinski definition) is 2. The van der Waals surface area contributed by atoms with Crippen LogP contribution < -0.4 is 10.1 Å². The number of rotatable bonds is 3. The summed E-state index contributed by atoms with van der Waals surface area (Å²) in [6.45, 7) is 0.953. The SMILES string of the molecule is CNC(C)(c1ccc(OC)c(F)c1)C(F)(F)F. The maximum absolute atomic E-state index is 13.4. The summed E-state index contributed by atoms with van der Waals surface area (Å²) in [7, 11) is 2.43. The first-order chi connectivity index (χ1) is 7.76. The maximum atomic E-state index is 13.4. The molecule has 1 N–H and O–H groups in total. The lowest BCUT2D eigenvalue weighted by Gasteiger charge is -2.32. The molecule has 0 heterocycles. The second kappa shape index (κ2) is 4.52. The molecule has 0 bridgehead atoms. The number of benzene rings is 1. The normalized spacial score (nSPS) is 15.5. The second-order valence-corrected chi connectivity index (χ2v) is 3.72. The van der Waals surface area contributed by atoms with Crippen LogP contribution in [0.25, 0.3) is 0 Å². The lowest BCUT2D eigenvalue weighted by Crippen LogP contribution is -2.49. The van der Waals surface area contributed by atoms with Gasteiger partial charge in [-0.25, -0.2) is 4.39 Å². The van der Waals surface area contributed by atoms with Crippen molar-refractivity contribution < 1.29 is 22.3 Å². The second-order valence-electron chi connectivity index (χ2n) is 3.72. The summed E-state index contributed by atoms with van der Waals surface area (Å²) in [5.41, 5.74) is -2.49. The Hall–Kier alpha value is -1.30. The Morgan fingerprint density at radius 2 is 1.82 bits per heavy atom. The fourth-order valence-electron chi connectivity index (χ4n) is 1.43. The van der Waals surface area contributed by atoms with Gasteiger partial charge >= 0.3 is 6.18 Å². The van der Waals surface area contributed by atoms with Crippen molar-refractivity contribution in [3.63, 3.8) is 0 Å². The molecule has 0 amide bonds.